The van der Waals surface area contributed by atoms with Crippen LogP contribution in [0.1, 0.15) is 56.9 Å². The lowest BCUT2D eigenvalue weighted by atomic mass is 9.49. The molecule has 162 valence electrons. The molecule has 4 saturated carbocycles. The quantitative estimate of drug-likeness (QED) is 0.811. The zero-order chi connectivity index (χ0) is 21.0. The Kier molecular flexibility index (Phi) is 4.83. The maximum atomic E-state index is 13.8. The van der Waals surface area contributed by atoms with E-state index < -0.39 is 0 Å². The molecule has 30 heavy (non-hydrogen) atoms. The standard InChI is InChI=1S/C25H35N3O2/c1-16-9-20(6-7-21(16)27(2)3)26-23(29)22-5-4-8-28(22)24(30)25-13-17-10-18(14-25)12-19(11-17)15-25/h6-7,9,17-19,22H,4-5,8,10-15H2,1-3H3,(H,26,29). The summed E-state index contributed by atoms with van der Waals surface area (Å²) >= 11 is 0. The maximum absolute atomic E-state index is 13.8. The highest BCUT2D eigenvalue weighted by atomic mass is 16.2. The molecular weight excluding hydrogens is 374 g/mol. The molecule has 0 radical (unpaired) electrons. The van der Waals surface area contributed by atoms with Gasteiger partial charge in [-0.05, 0) is 99.8 Å². The minimum absolute atomic E-state index is 0.0254. The van der Waals surface area contributed by atoms with Gasteiger partial charge in [-0.3, -0.25) is 9.59 Å². The largest absolute Gasteiger partial charge is 0.377 e. The van der Waals surface area contributed by atoms with Gasteiger partial charge in [-0.25, -0.2) is 0 Å². The minimum atomic E-state index is -0.320. The lowest BCUT2D eigenvalue weighted by Crippen LogP contribution is -2.56. The number of nitrogens with one attached hydrogen (secondary N) is 1. The normalized spacial score (nSPS) is 34.3. The molecule has 1 unspecified atom stereocenters. The van der Waals surface area contributed by atoms with Gasteiger partial charge in [-0.15, -0.1) is 0 Å². The van der Waals surface area contributed by atoms with Crippen LogP contribution < -0.4 is 10.2 Å². The van der Waals surface area contributed by atoms with E-state index in [2.05, 4.69) is 17.1 Å². The number of nitrogens with zero attached hydrogens (tertiary/aromatic N) is 2. The van der Waals surface area contributed by atoms with Gasteiger partial charge in [0.05, 0.1) is 5.41 Å². The van der Waals surface area contributed by atoms with Gasteiger partial charge in [-0.2, -0.15) is 0 Å². The van der Waals surface area contributed by atoms with Crippen molar-refractivity contribution < 1.29 is 9.59 Å². The van der Waals surface area contributed by atoms with E-state index >= 15 is 0 Å². The first-order valence-corrected chi connectivity index (χ1v) is 11.7. The first-order valence-electron chi connectivity index (χ1n) is 11.7. The molecule has 0 aromatic heterocycles. The topological polar surface area (TPSA) is 52.7 Å². The van der Waals surface area contributed by atoms with Gasteiger partial charge in [0.15, 0.2) is 0 Å². The Balaban J connectivity index is 1.31. The molecule has 1 N–H and O–H groups in total. The second kappa shape index (κ2) is 7.28. The van der Waals surface area contributed by atoms with E-state index in [9.17, 15) is 9.59 Å². The van der Waals surface area contributed by atoms with Crippen molar-refractivity contribution in [2.75, 3.05) is 30.9 Å². The Labute approximate surface area is 180 Å². The number of hydrogen-bond donors (Lipinski definition) is 1. The number of aryl methyl sites for hydroxylation is 1. The van der Waals surface area contributed by atoms with E-state index in [0.717, 1.165) is 73.3 Å². The van der Waals surface area contributed by atoms with Crippen molar-refractivity contribution in [3.05, 3.63) is 23.8 Å². The van der Waals surface area contributed by atoms with Crippen LogP contribution in [0, 0.1) is 30.1 Å². The molecule has 6 rings (SSSR count). The smallest absolute Gasteiger partial charge is 0.247 e. The SMILES string of the molecule is Cc1cc(NC(=O)C2CCCN2C(=O)C23CC4CC(CC(C4)C2)C3)ccc1N(C)C. The van der Waals surface area contributed by atoms with Crippen molar-refractivity contribution in [1.29, 1.82) is 0 Å². The Morgan fingerprint density at radius 1 is 1.07 bits per heavy atom. The summed E-state index contributed by atoms with van der Waals surface area (Å²) in [5, 5.41) is 3.10. The predicted octanol–water partition coefficient (Wildman–Crippen LogP) is 4.21. The van der Waals surface area contributed by atoms with Crippen LogP contribution in [0.2, 0.25) is 0 Å². The third-order valence-electron chi connectivity index (χ3n) is 8.25. The average Bonchev–Trinajstić information content (AvgIpc) is 3.16. The third-order valence-corrected chi connectivity index (χ3v) is 8.25. The van der Waals surface area contributed by atoms with Crippen LogP contribution in [-0.4, -0.2) is 43.4 Å². The van der Waals surface area contributed by atoms with Crippen LogP contribution in [0.4, 0.5) is 11.4 Å². The van der Waals surface area contributed by atoms with Crippen molar-refractivity contribution in [2.45, 2.75) is 64.3 Å². The zero-order valence-corrected chi connectivity index (χ0v) is 18.6. The number of anilines is 2. The minimum Gasteiger partial charge on any atom is -0.377 e. The first kappa shape index (κ1) is 19.9. The fourth-order valence-corrected chi connectivity index (χ4v) is 7.42. The van der Waals surface area contributed by atoms with Crippen LogP contribution in [-0.2, 0) is 9.59 Å². The first-order chi connectivity index (χ1) is 14.3. The monoisotopic (exact) mass is 409 g/mol. The van der Waals surface area contributed by atoms with Crippen LogP contribution in [0.3, 0.4) is 0 Å². The molecule has 1 saturated heterocycles. The number of carbonyl (C=O) groups excluding carboxylic acids is 2. The molecular formula is C25H35N3O2. The molecule has 1 aromatic rings. The summed E-state index contributed by atoms with van der Waals surface area (Å²) in [6, 6.07) is 5.70. The van der Waals surface area contributed by atoms with E-state index in [1.54, 1.807) is 0 Å². The van der Waals surface area contributed by atoms with Crippen LogP contribution in [0.25, 0.3) is 0 Å². The van der Waals surface area contributed by atoms with E-state index in [0.29, 0.717) is 5.91 Å². The van der Waals surface area contributed by atoms with Gasteiger partial charge in [0, 0.05) is 32.0 Å². The molecule has 2 amide bonds. The molecule has 1 aliphatic heterocycles. The molecule has 4 bridgehead atoms. The summed E-state index contributed by atoms with van der Waals surface area (Å²) in [5.41, 5.74) is 2.93. The Morgan fingerprint density at radius 2 is 1.70 bits per heavy atom. The van der Waals surface area contributed by atoms with Crippen molar-refractivity contribution in [1.82, 2.24) is 4.90 Å². The van der Waals surface area contributed by atoms with Gasteiger partial charge in [0.1, 0.15) is 6.04 Å². The lowest BCUT2D eigenvalue weighted by Gasteiger charge is -2.56. The molecule has 5 fully saturated rings. The van der Waals surface area contributed by atoms with Crippen molar-refractivity contribution >= 4 is 23.2 Å². The average molecular weight is 410 g/mol. The highest BCUT2D eigenvalue weighted by molar-refractivity contribution is 5.98. The predicted molar refractivity (Wildman–Crippen MR) is 119 cm³/mol. The lowest BCUT2D eigenvalue weighted by molar-refractivity contribution is -0.160. The van der Waals surface area contributed by atoms with Crippen molar-refractivity contribution in [3.8, 4) is 0 Å². The fourth-order valence-electron chi connectivity index (χ4n) is 7.42. The number of benzene rings is 1. The second-order valence-electron chi connectivity index (χ2n) is 10.7. The van der Waals surface area contributed by atoms with Crippen molar-refractivity contribution in [3.63, 3.8) is 0 Å². The van der Waals surface area contributed by atoms with Gasteiger partial charge in [0.2, 0.25) is 11.8 Å². The Hall–Kier alpha value is -2.04. The van der Waals surface area contributed by atoms with Gasteiger partial charge in [-0.1, -0.05) is 0 Å². The second-order valence-corrected chi connectivity index (χ2v) is 10.7. The molecule has 1 atom stereocenters. The molecule has 5 nitrogen and oxygen atoms in total. The summed E-state index contributed by atoms with van der Waals surface area (Å²) < 4.78 is 0. The van der Waals surface area contributed by atoms with Gasteiger partial charge in [0.25, 0.3) is 0 Å². The van der Waals surface area contributed by atoms with E-state index in [-0.39, 0.29) is 17.4 Å². The molecule has 0 spiro atoms. The fraction of sp³-hybridized carbons (Fsp3) is 0.680. The number of amides is 2. The molecule has 5 heteroatoms. The molecule has 5 aliphatic rings. The van der Waals surface area contributed by atoms with Crippen LogP contribution >= 0.6 is 0 Å². The van der Waals surface area contributed by atoms with Gasteiger partial charge >= 0.3 is 0 Å². The highest BCUT2D eigenvalue weighted by Gasteiger charge is 2.56. The van der Waals surface area contributed by atoms with E-state index in [1.807, 2.05) is 37.2 Å². The number of carbonyl (C=O) groups is 2. The molecule has 1 heterocycles. The third kappa shape index (κ3) is 3.30. The highest BCUT2D eigenvalue weighted by Crippen LogP contribution is 2.60. The molecule has 1 aromatic carbocycles. The summed E-state index contributed by atoms with van der Waals surface area (Å²) in [6.45, 7) is 2.79. The van der Waals surface area contributed by atoms with Crippen LogP contribution in [0.15, 0.2) is 18.2 Å². The molecule has 4 aliphatic carbocycles. The zero-order valence-electron chi connectivity index (χ0n) is 18.6. The summed E-state index contributed by atoms with van der Waals surface area (Å²) in [7, 11) is 4.04. The summed E-state index contributed by atoms with van der Waals surface area (Å²) in [6.07, 6.45) is 8.89. The Morgan fingerprint density at radius 3 is 2.27 bits per heavy atom. The maximum Gasteiger partial charge on any atom is 0.247 e. The number of rotatable bonds is 4. The van der Waals surface area contributed by atoms with E-state index in [4.69, 9.17) is 0 Å². The summed E-state index contributed by atoms with van der Waals surface area (Å²) in [4.78, 5) is 31.0. The van der Waals surface area contributed by atoms with E-state index in [1.165, 1.54) is 19.3 Å². The number of likely N-dealkylation sites (tertiary alicyclic amines) is 1. The van der Waals surface area contributed by atoms with Crippen molar-refractivity contribution in [2.24, 2.45) is 23.2 Å². The Bertz CT molecular complexity index is 827. The number of hydrogen-bond acceptors (Lipinski definition) is 3. The van der Waals surface area contributed by atoms with Crippen LogP contribution in [0.5, 0.6) is 0 Å². The summed E-state index contributed by atoms with van der Waals surface area (Å²) in [5.74, 6) is 2.50. The van der Waals surface area contributed by atoms with Gasteiger partial charge < -0.3 is 15.1 Å².